The Morgan fingerprint density at radius 3 is 1.70 bits per heavy atom. The Kier molecular flexibility index (Phi) is 10.6. The molecule has 0 saturated carbocycles. The van der Waals surface area contributed by atoms with Gasteiger partial charge in [0.1, 0.15) is 0 Å². The second kappa shape index (κ2) is 12.6. The molecule has 0 radical (unpaired) electrons. The highest BCUT2D eigenvalue weighted by Gasteiger charge is 2.53. The SMILES string of the molecule is CC1(C)OB(c2cn[nH]c2)OC1(C)C.CC1(C)OB(c2cnn(CCC#N)c2)OC1(C)C.N#CCCBr. The third-order valence-electron chi connectivity index (χ3n) is 6.88. The molecule has 0 bridgehead atoms. The zero-order valence-electron chi connectivity index (χ0n) is 23.0. The molecule has 2 aromatic heterocycles. The summed E-state index contributed by atoms with van der Waals surface area (Å²) in [6.45, 7) is 16.8. The van der Waals surface area contributed by atoms with Crippen molar-refractivity contribution in [3.63, 3.8) is 0 Å². The molecule has 2 fully saturated rings. The number of aromatic amines is 1. The summed E-state index contributed by atoms with van der Waals surface area (Å²) in [7, 11) is -0.690. The molecule has 13 heteroatoms. The zero-order valence-corrected chi connectivity index (χ0v) is 24.6. The summed E-state index contributed by atoms with van der Waals surface area (Å²) in [5.41, 5.74) is 0.582. The Bertz CT molecular complexity index is 1040. The molecule has 0 spiro atoms. The molecule has 200 valence electrons. The fourth-order valence-electron chi connectivity index (χ4n) is 3.18. The van der Waals surface area contributed by atoms with Crippen molar-refractivity contribution in [3.8, 4) is 12.1 Å². The van der Waals surface area contributed by atoms with Gasteiger partial charge < -0.3 is 18.6 Å². The zero-order chi connectivity index (χ0) is 27.9. The molecular formula is C24H37B2BrN6O4. The van der Waals surface area contributed by atoms with Gasteiger partial charge in [0.05, 0.1) is 47.5 Å². The van der Waals surface area contributed by atoms with Crippen molar-refractivity contribution in [2.24, 2.45) is 0 Å². The van der Waals surface area contributed by atoms with Crippen LogP contribution in [0.2, 0.25) is 0 Å². The first-order valence-corrected chi connectivity index (χ1v) is 13.3. The minimum atomic E-state index is -0.383. The van der Waals surface area contributed by atoms with Gasteiger partial charge in [-0.2, -0.15) is 20.7 Å². The maximum absolute atomic E-state index is 8.54. The summed E-state index contributed by atoms with van der Waals surface area (Å²) in [5, 5.41) is 28.0. The van der Waals surface area contributed by atoms with Crippen LogP contribution in [0.25, 0.3) is 0 Å². The molecule has 2 aliphatic rings. The number of alkyl halides is 1. The van der Waals surface area contributed by atoms with E-state index in [1.54, 1.807) is 23.3 Å². The number of H-pyrrole nitrogens is 1. The summed E-state index contributed by atoms with van der Waals surface area (Å²) < 4.78 is 25.2. The lowest BCUT2D eigenvalue weighted by Crippen LogP contribution is -2.41. The number of nitriles is 2. The van der Waals surface area contributed by atoms with Gasteiger partial charge >= 0.3 is 14.2 Å². The minimum absolute atomic E-state index is 0.283. The number of rotatable bonds is 5. The third kappa shape index (κ3) is 7.92. The Labute approximate surface area is 229 Å². The molecule has 0 aromatic carbocycles. The number of halogens is 1. The number of aryl methyl sites for hydroxylation is 1. The molecular weight excluding hydrogens is 538 g/mol. The first kappa shape index (κ1) is 31.1. The van der Waals surface area contributed by atoms with Gasteiger partial charge in [-0.3, -0.25) is 9.78 Å². The fourth-order valence-corrected chi connectivity index (χ4v) is 3.36. The second-order valence-electron chi connectivity index (χ2n) is 10.8. The Morgan fingerprint density at radius 2 is 1.32 bits per heavy atom. The molecule has 1 N–H and O–H groups in total. The van der Waals surface area contributed by atoms with E-state index in [4.69, 9.17) is 29.1 Å². The summed E-state index contributed by atoms with van der Waals surface area (Å²) in [6.07, 6.45) is 8.19. The molecule has 37 heavy (non-hydrogen) atoms. The van der Waals surface area contributed by atoms with Crippen LogP contribution in [0.5, 0.6) is 0 Å². The smallest absolute Gasteiger partial charge is 0.399 e. The predicted molar refractivity (Wildman–Crippen MR) is 147 cm³/mol. The number of nitrogens with one attached hydrogen (secondary N) is 1. The first-order valence-electron chi connectivity index (χ1n) is 12.2. The Hall–Kier alpha value is -2.15. The van der Waals surface area contributed by atoms with Gasteiger partial charge in [-0.25, -0.2) is 0 Å². The molecule has 0 atom stereocenters. The third-order valence-corrected chi connectivity index (χ3v) is 7.28. The van der Waals surface area contributed by atoms with Gasteiger partial charge in [0, 0.05) is 47.5 Å². The quantitative estimate of drug-likeness (QED) is 0.426. The van der Waals surface area contributed by atoms with Crippen LogP contribution >= 0.6 is 15.9 Å². The van der Waals surface area contributed by atoms with Crippen LogP contribution in [0.15, 0.2) is 24.8 Å². The van der Waals surface area contributed by atoms with Crippen LogP contribution in [0, 0.1) is 22.7 Å². The molecule has 0 aliphatic carbocycles. The average molecular weight is 575 g/mol. The summed E-state index contributed by atoms with van der Waals surface area (Å²) >= 11 is 3.09. The van der Waals surface area contributed by atoms with E-state index in [0.717, 1.165) is 16.3 Å². The topological polar surface area (TPSA) is 131 Å². The van der Waals surface area contributed by atoms with Crippen molar-refractivity contribution in [2.45, 2.75) is 97.2 Å². The van der Waals surface area contributed by atoms with Gasteiger partial charge in [0.2, 0.25) is 0 Å². The average Bonchev–Trinajstić information content (AvgIpc) is 3.56. The number of aromatic nitrogens is 4. The summed E-state index contributed by atoms with van der Waals surface area (Å²) in [4.78, 5) is 0. The molecule has 0 amide bonds. The van der Waals surface area contributed by atoms with Gasteiger partial charge in [-0.05, 0) is 55.4 Å². The van der Waals surface area contributed by atoms with E-state index in [1.165, 1.54) is 0 Å². The monoisotopic (exact) mass is 574 g/mol. The maximum atomic E-state index is 8.54. The fraction of sp³-hybridized carbons (Fsp3) is 0.667. The largest absolute Gasteiger partial charge is 0.498 e. The van der Waals surface area contributed by atoms with Crippen molar-refractivity contribution in [2.75, 3.05) is 5.33 Å². The number of hydrogen-bond donors (Lipinski definition) is 1. The molecule has 2 saturated heterocycles. The lowest BCUT2D eigenvalue weighted by atomic mass is 9.82. The second-order valence-corrected chi connectivity index (χ2v) is 11.5. The van der Waals surface area contributed by atoms with E-state index >= 15 is 0 Å². The normalized spacial score (nSPS) is 20.2. The van der Waals surface area contributed by atoms with Gasteiger partial charge in [-0.15, -0.1) is 0 Å². The standard InChI is InChI=1S/C12H18BN3O2.C9H15BN2O2.C3H4BrN/c1-11(2)12(3,4)18-13(17-11)10-8-15-16(9-10)7-5-6-14;1-8(2)9(3,4)14-10(13-8)7-5-11-12-6-7;4-2-1-3-5/h8-9H,5,7H2,1-4H3;5-6H,1-4H3,(H,11,12);1-2H2. The molecule has 0 unspecified atom stereocenters. The molecule has 2 aromatic rings. The Balaban J connectivity index is 0.000000225. The molecule has 4 heterocycles. The van der Waals surface area contributed by atoms with Gasteiger partial charge in [-0.1, -0.05) is 15.9 Å². The van der Waals surface area contributed by atoms with E-state index in [2.05, 4.69) is 37.3 Å². The molecule has 2 aliphatic heterocycles. The summed E-state index contributed by atoms with van der Waals surface area (Å²) in [6, 6.07) is 4.07. The van der Waals surface area contributed by atoms with Crippen molar-refractivity contribution in [1.29, 1.82) is 10.5 Å². The van der Waals surface area contributed by atoms with E-state index < -0.39 is 0 Å². The van der Waals surface area contributed by atoms with E-state index in [0.29, 0.717) is 19.4 Å². The van der Waals surface area contributed by atoms with E-state index in [9.17, 15) is 0 Å². The van der Waals surface area contributed by atoms with Crippen molar-refractivity contribution < 1.29 is 18.6 Å². The maximum Gasteiger partial charge on any atom is 0.498 e. The van der Waals surface area contributed by atoms with E-state index in [1.807, 2.05) is 67.7 Å². The highest BCUT2D eigenvalue weighted by atomic mass is 79.9. The van der Waals surface area contributed by atoms with Crippen molar-refractivity contribution in [1.82, 2.24) is 20.0 Å². The van der Waals surface area contributed by atoms with Crippen LogP contribution in [0.1, 0.15) is 68.2 Å². The van der Waals surface area contributed by atoms with Gasteiger partial charge in [0.25, 0.3) is 0 Å². The Morgan fingerprint density at radius 1 is 0.838 bits per heavy atom. The molecule has 10 nitrogen and oxygen atoms in total. The number of hydrogen-bond acceptors (Lipinski definition) is 8. The molecule has 4 rings (SSSR count). The van der Waals surface area contributed by atoms with Crippen LogP contribution < -0.4 is 10.9 Å². The van der Waals surface area contributed by atoms with E-state index in [-0.39, 0.29) is 36.6 Å². The highest BCUT2D eigenvalue weighted by Crippen LogP contribution is 2.37. The number of nitrogens with zero attached hydrogens (tertiary/aromatic N) is 5. The first-order chi connectivity index (χ1) is 17.2. The van der Waals surface area contributed by atoms with Gasteiger partial charge in [0.15, 0.2) is 0 Å². The minimum Gasteiger partial charge on any atom is -0.399 e. The predicted octanol–water partition coefficient (Wildman–Crippen LogP) is 3.10. The van der Waals surface area contributed by atoms with Crippen LogP contribution in [-0.2, 0) is 25.2 Å². The van der Waals surface area contributed by atoms with Crippen LogP contribution in [-0.4, -0.2) is 61.9 Å². The van der Waals surface area contributed by atoms with Crippen LogP contribution in [0.3, 0.4) is 0 Å². The lowest BCUT2D eigenvalue weighted by Gasteiger charge is -2.32. The van der Waals surface area contributed by atoms with Crippen molar-refractivity contribution >= 4 is 41.1 Å². The summed E-state index contributed by atoms with van der Waals surface area (Å²) in [5.74, 6) is 0. The van der Waals surface area contributed by atoms with Crippen LogP contribution in [0.4, 0.5) is 0 Å². The van der Waals surface area contributed by atoms with Crippen molar-refractivity contribution in [3.05, 3.63) is 24.8 Å². The lowest BCUT2D eigenvalue weighted by molar-refractivity contribution is 0.00578. The highest BCUT2D eigenvalue weighted by molar-refractivity contribution is 9.09.